The van der Waals surface area contributed by atoms with Crippen LogP contribution in [0.5, 0.6) is 0 Å². The van der Waals surface area contributed by atoms with Crippen molar-refractivity contribution in [3.63, 3.8) is 0 Å². The van der Waals surface area contributed by atoms with Crippen LogP contribution in [-0.2, 0) is 73.1 Å². The van der Waals surface area contributed by atoms with E-state index >= 15 is 0 Å². The van der Waals surface area contributed by atoms with Gasteiger partial charge in [0.15, 0.2) is 6.17 Å². The average Bonchev–Trinajstić information content (AvgIpc) is 4.22. The number of likely N-dealkylation sites (tertiary alicyclic amines) is 1. The molecule has 6 N–H and O–H groups in total. The van der Waals surface area contributed by atoms with Gasteiger partial charge in [-0.2, -0.15) is 0 Å². The first-order chi connectivity index (χ1) is 39.9. The number of hydrogen-bond donors (Lipinski definition) is 6. The van der Waals surface area contributed by atoms with Crippen LogP contribution >= 0.6 is 46.1 Å². The Morgan fingerprint density at radius 1 is 0.675 bits per heavy atom. The summed E-state index contributed by atoms with van der Waals surface area (Å²) in [6.07, 6.45) is 0.727. The van der Waals surface area contributed by atoms with Crippen LogP contribution in [0, 0.1) is 12.3 Å². The molecule has 25 nitrogen and oxygen atoms in total. The third-order valence-corrected chi connectivity index (χ3v) is 13.6. The average molecular weight is 1250 g/mol. The molecule has 1 aliphatic rings. The van der Waals surface area contributed by atoms with Gasteiger partial charge in [0.1, 0.15) is 12.1 Å². The number of halogens is 3. The third-order valence-electron chi connectivity index (χ3n) is 11.9. The number of aryl methyl sites for hydroxylation is 1. The molecule has 4 atom stereocenters. The number of alkyl carbamates (subject to hydrolysis) is 1. The number of anilines is 1. The Labute approximate surface area is 504 Å². The highest BCUT2D eigenvalue weighted by molar-refractivity contribution is 7.13. The van der Waals surface area contributed by atoms with E-state index in [1.54, 1.807) is 17.4 Å². The van der Waals surface area contributed by atoms with Crippen molar-refractivity contribution in [2.75, 3.05) is 144 Å². The number of rotatable bonds is 43. The van der Waals surface area contributed by atoms with E-state index < -0.39 is 45.6 Å². The van der Waals surface area contributed by atoms with Crippen molar-refractivity contribution >= 4 is 81.8 Å². The Balaban J connectivity index is 0.859. The molecular weight excluding hydrogens is 1170 g/mol. The molecule has 0 radical (unpaired) electrons. The number of aliphatic hydroxyl groups is 1. The molecule has 3 heterocycles. The number of aromatic nitrogens is 3. The van der Waals surface area contributed by atoms with Crippen molar-refractivity contribution in [2.45, 2.75) is 88.1 Å². The number of amides is 5. The maximum absolute atomic E-state index is 13.9. The van der Waals surface area contributed by atoms with Gasteiger partial charge >= 0.3 is 6.09 Å². The maximum atomic E-state index is 13.9. The molecule has 4 unspecified atom stereocenters. The van der Waals surface area contributed by atoms with E-state index in [0.717, 1.165) is 21.7 Å². The molecule has 1 fully saturated rings. The van der Waals surface area contributed by atoms with Crippen molar-refractivity contribution in [3.8, 4) is 10.4 Å². The lowest BCUT2D eigenvalue weighted by molar-refractivity contribution is -0.144. The molecular formula is C54H82Cl3N9O16S. The zero-order valence-electron chi connectivity index (χ0n) is 47.7. The van der Waals surface area contributed by atoms with Crippen LogP contribution < -0.4 is 26.6 Å². The minimum atomic E-state index is -1.92. The van der Waals surface area contributed by atoms with Gasteiger partial charge < -0.3 is 78.6 Å². The predicted octanol–water partition coefficient (Wildman–Crippen LogP) is 3.99. The van der Waals surface area contributed by atoms with E-state index in [1.807, 2.05) is 57.5 Å². The fraction of sp³-hybridized carbons (Fsp3) is 0.667. The van der Waals surface area contributed by atoms with Gasteiger partial charge in [0.25, 0.3) is 0 Å². The van der Waals surface area contributed by atoms with E-state index in [9.17, 15) is 29.1 Å². The fourth-order valence-electron chi connectivity index (χ4n) is 7.62. The lowest BCUT2D eigenvalue weighted by Crippen LogP contribution is -2.57. The summed E-state index contributed by atoms with van der Waals surface area (Å²) in [7, 11) is 0. The Hall–Kier alpha value is -4.65. The summed E-state index contributed by atoms with van der Waals surface area (Å²) in [6, 6.07) is 7.64. The van der Waals surface area contributed by atoms with Crippen LogP contribution in [0.15, 0.2) is 48.2 Å². The molecule has 0 bridgehead atoms. The number of benzene rings is 1. The number of alkyl halides is 3. The fourth-order valence-corrected chi connectivity index (χ4v) is 8.76. The molecule has 1 aliphatic heterocycles. The Kier molecular flexibility index (Phi) is 34.7. The quantitative estimate of drug-likeness (QED) is 0.0265. The normalized spacial score (nSPS) is 15.2. The number of β-amino-alcohol motifs (C(OH)–C–C–N with tert-alkyl or cyclic N) is 1. The Bertz CT molecular complexity index is 2310. The van der Waals surface area contributed by atoms with Crippen molar-refractivity contribution in [2.24, 2.45) is 5.41 Å². The number of thiazole rings is 1. The second-order valence-electron chi connectivity index (χ2n) is 19.6. The van der Waals surface area contributed by atoms with Gasteiger partial charge in [-0.25, -0.2) is 19.7 Å². The SMILES string of the molecule is Cc1ncsc1-c1ccc(CNC(=O)C2CC(O)CN2C(=O)C(NC(=O)CCOCCOCCOCCOCCOCCOCCOCCOCCOCCC(=O)NCCCOC(=O)NC(Nc2ncccn2)C(Cl)(Cl)Cl)C(C)(C)C)cc1. The highest BCUT2D eigenvalue weighted by Gasteiger charge is 2.44. The first-order valence-corrected chi connectivity index (χ1v) is 29.5. The summed E-state index contributed by atoms with van der Waals surface area (Å²) in [5.41, 5.74) is 4.02. The van der Waals surface area contributed by atoms with Gasteiger partial charge in [-0.3, -0.25) is 24.5 Å². The molecule has 0 aliphatic carbocycles. The predicted molar refractivity (Wildman–Crippen MR) is 310 cm³/mol. The molecule has 4 rings (SSSR count). The zero-order valence-corrected chi connectivity index (χ0v) is 50.8. The topological polar surface area (TPSA) is 300 Å². The number of aliphatic hydroxyl groups excluding tert-OH is 1. The van der Waals surface area contributed by atoms with Gasteiger partial charge in [-0.1, -0.05) is 79.8 Å². The number of ether oxygens (including phenoxy) is 10. The van der Waals surface area contributed by atoms with Gasteiger partial charge in [0.2, 0.25) is 33.4 Å². The van der Waals surface area contributed by atoms with E-state index in [4.69, 9.17) is 82.2 Å². The zero-order chi connectivity index (χ0) is 60.1. The lowest BCUT2D eigenvalue weighted by Gasteiger charge is -2.35. The summed E-state index contributed by atoms with van der Waals surface area (Å²) >= 11 is 19.4. The first kappa shape index (κ1) is 70.8. The van der Waals surface area contributed by atoms with E-state index in [0.29, 0.717) is 106 Å². The largest absolute Gasteiger partial charge is 0.449 e. The molecule has 0 saturated carbocycles. The van der Waals surface area contributed by atoms with Crippen LogP contribution in [-0.4, -0.2) is 221 Å². The lowest BCUT2D eigenvalue weighted by atomic mass is 9.85. The summed E-state index contributed by atoms with van der Waals surface area (Å²) in [5, 5.41) is 24.1. The van der Waals surface area contributed by atoms with Gasteiger partial charge in [-0.05, 0) is 36.0 Å². The van der Waals surface area contributed by atoms with Crippen molar-refractivity contribution in [3.05, 3.63) is 59.5 Å². The van der Waals surface area contributed by atoms with E-state index in [1.165, 1.54) is 17.3 Å². The number of carbonyl (C=O) groups excluding carboxylic acids is 5. The molecule has 29 heteroatoms. The maximum Gasteiger partial charge on any atom is 0.408 e. The van der Waals surface area contributed by atoms with Crippen LogP contribution in [0.3, 0.4) is 0 Å². The molecule has 466 valence electrons. The molecule has 2 aromatic heterocycles. The summed E-state index contributed by atoms with van der Waals surface area (Å²) in [4.78, 5) is 79.3. The molecule has 3 aromatic rings. The minimum absolute atomic E-state index is 0.0122. The number of nitrogens with one attached hydrogen (secondary N) is 5. The van der Waals surface area contributed by atoms with Crippen LogP contribution in [0.4, 0.5) is 10.7 Å². The standard InChI is InChI=1S/C54H82Cl3N9O16S/c1-39-46(83-38-62-39)41-9-7-40(8-10-41)36-61-48(70)43-35-42(67)37-66(43)49(71)47(53(2,3)4)63-45(69)12-18-74-20-22-76-24-26-78-28-30-80-32-34-81-33-31-79-29-27-77-25-23-75-21-19-73-17-11-44(68)58-15-6-16-82-52(72)65-50(54(55,56)57)64-51-59-13-5-14-60-51/h5,7-10,13-14,38,42-43,47,50,67H,6,11-12,15-37H2,1-4H3,(H,58,68)(H,61,70)(H,63,69)(H,65,72)(H,59,60,64). The number of carbonyl (C=O) groups is 5. The number of hydrogen-bond acceptors (Lipinski definition) is 21. The second-order valence-corrected chi connectivity index (χ2v) is 22.9. The van der Waals surface area contributed by atoms with Gasteiger partial charge in [-0.15, -0.1) is 11.3 Å². The highest BCUT2D eigenvalue weighted by atomic mass is 35.6. The van der Waals surface area contributed by atoms with Gasteiger partial charge in [0.05, 0.1) is 148 Å². The molecule has 1 aromatic carbocycles. The number of nitrogens with zero attached hydrogens (tertiary/aromatic N) is 4. The second kappa shape index (κ2) is 40.6. The molecule has 83 heavy (non-hydrogen) atoms. The third kappa shape index (κ3) is 30.3. The van der Waals surface area contributed by atoms with Crippen molar-refractivity contribution < 1.29 is 76.4 Å². The summed E-state index contributed by atoms with van der Waals surface area (Å²) in [5.74, 6) is -1.24. The molecule has 5 amide bonds. The molecule has 0 spiro atoms. The summed E-state index contributed by atoms with van der Waals surface area (Å²) < 4.78 is 52.8. The van der Waals surface area contributed by atoms with E-state index in [2.05, 4.69) is 41.5 Å². The molecule has 1 saturated heterocycles. The highest BCUT2D eigenvalue weighted by Crippen LogP contribution is 2.31. The smallest absolute Gasteiger partial charge is 0.408 e. The monoisotopic (exact) mass is 1250 g/mol. The van der Waals surface area contributed by atoms with Crippen LogP contribution in [0.25, 0.3) is 10.4 Å². The van der Waals surface area contributed by atoms with Gasteiger partial charge in [0, 0.05) is 51.3 Å². The van der Waals surface area contributed by atoms with E-state index in [-0.39, 0.29) is 89.0 Å². The first-order valence-electron chi connectivity index (χ1n) is 27.5. The van der Waals surface area contributed by atoms with Crippen LogP contribution in [0.2, 0.25) is 0 Å². The Morgan fingerprint density at radius 3 is 1.64 bits per heavy atom. The van der Waals surface area contributed by atoms with Crippen molar-refractivity contribution in [1.29, 1.82) is 0 Å². The minimum Gasteiger partial charge on any atom is -0.449 e. The van der Waals surface area contributed by atoms with Crippen LogP contribution in [0.1, 0.15) is 57.7 Å². The van der Waals surface area contributed by atoms with Crippen molar-refractivity contribution in [1.82, 2.24) is 41.1 Å². The Morgan fingerprint density at radius 2 is 1.17 bits per heavy atom. The summed E-state index contributed by atoms with van der Waals surface area (Å²) in [6.45, 7) is 14.4.